The van der Waals surface area contributed by atoms with Gasteiger partial charge in [-0.05, 0) is 6.07 Å². The Balaban J connectivity index is 1.98. The van der Waals surface area contributed by atoms with E-state index < -0.39 is 9.84 Å². The van der Waals surface area contributed by atoms with Crippen LogP contribution in [-0.4, -0.2) is 60.8 Å². The molecule has 0 atom stereocenters. The summed E-state index contributed by atoms with van der Waals surface area (Å²) in [4.78, 5) is 15.0. The van der Waals surface area contributed by atoms with Gasteiger partial charge in [-0.1, -0.05) is 0 Å². The molecule has 1 saturated heterocycles. The van der Waals surface area contributed by atoms with Crippen molar-refractivity contribution in [2.24, 2.45) is 0 Å². The van der Waals surface area contributed by atoms with E-state index in [1.165, 1.54) is 12.3 Å². The molecular weight excluding hydrogens is 306 g/mol. The predicted octanol–water partition coefficient (Wildman–Crippen LogP) is -0.157. The van der Waals surface area contributed by atoms with E-state index >= 15 is 0 Å². The third-order valence-electron chi connectivity index (χ3n) is 3.48. The Morgan fingerprint density at radius 2 is 2.05 bits per heavy atom. The highest BCUT2D eigenvalue weighted by molar-refractivity contribution is 7.90. The van der Waals surface area contributed by atoms with Crippen LogP contribution in [0.2, 0.25) is 0 Å². The van der Waals surface area contributed by atoms with Crippen LogP contribution in [0.5, 0.6) is 0 Å². The number of nitrogens with zero attached hydrogens (tertiary/aromatic N) is 4. The van der Waals surface area contributed by atoms with Crippen molar-refractivity contribution in [2.75, 3.05) is 38.3 Å². The predicted molar refractivity (Wildman–Crippen MR) is 81.0 cm³/mol. The fourth-order valence-electron chi connectivity index (χ4n) is 2.31. The van der Waals surface area contributed by atoms with Crippen molar-refractivity contribution in [3.05, 3.63) is 18.1 Å². The van der Waals surface area contributed by atoms with Gasteiger partial charge in [0.2, 0.25) is 0 Å². The second-order valence-corrected chi connectivity index (χ2v) is 7.24. The van der Waals surface area contributed by atoms with Crippen LogP contribution in [0.3, 0.4) is 0 Å². The number of rotatable bonds is 3. The minimum Gasteiger partial charge on any atom is -0.382 e. The lowest BCUT2D eigenvalue weighted by molar-refractivity contribution is 0.0331. The van der Waals surface area contributed by atoms with E-state index in [1.54, 1.807) is 0 Å². The van der Waals surface area contributed by atoms with Gasteiger partial charge in [0.25, 0.3) is 0 Å². The Morgan fingerprint density at radius 3 is 2.73 bits per heavy atom. The number of hydrogen-bond acceptors (Lipinski definition) is 8. The summed E-state index contributed by atoms with van der Waals surface area (Å²) in [6.07, 6.45) is 2.41. The SMILES string of the molecule is CS(=O)(=O)c1cnc2c(N)nc(CN3CCOCC3)nc2c1. The quantitative estimate of drug-likeness (QED) is 0.829. The zero-order valence-corrected chi connectivity index (χ0v) is 13.0. The molecule has 1 fully saturated rings. The number of anilines is 1. The Bertz CT molecular complexity index is 803. The van der Waals surface area contributed by atoms with Crippen LogP contribution in [0.4, 0.5) is 5.82 Å². The Morgan fingerprint density at radius 1 is 1.32 bits per heavy atom. The topological polar surface area (TPSA) is 111 Å². The lowest BCUT2D eigenvalue weighted by Gasteiger charge is -2.25. The first-order valence-corrected chi connectivity index (χ1v) is 8.75. The van der Waals surface area contributed by atoms with Crippen molar-refractivity contribution in [1.29, 1.82) is 0 Å². The van der Waals surface area contributed by atoms with Crippen molar-refractivity contribution >= 4 is 26.7 Å². The first-order chi connectivity index (χ1) is 10.4. The number of morpholine rings is 1. The van der Waals surface area contributed by atoms with Crippen LogP contribution in [0.1, 0.15) is 5.82 Å². The number of hydrogen-bond donors (Lipinski definition) is 1. The normalized spacial score (nSPS) is 17.0. The van der Waals surface area contributed by atoms with Gasteiger partial charge in [-0.15, -0.1) is 0 Å². The summed E-state index contributed by atoms with van der Waals surface area (Å²) in [5.74, 6) is 0.813. The van der Waals surface area contributed by atoms with Gasteiger partial charge in [0.1, 0.15) is 11.3 Å². The highest BCUT2D eigenvalue weighted by Gasteiger charge is 2.16. The monoisotopic (exact) mass is 323 g/mol. The van der Waals surface area contributed by atoms with Crippen LogP contribution < -0.4 is 5.73 Å². The number of ether oxygens (including phenoxy) is 1. The first kappa shape index (κ1) is 15.1. The first-order valence-electron chi connectivity index (χ1n) is 6.86. The molecule has 0 bridgehead atoms. The number of aromatic nitrogens is 3. The number of sulfone groups is 1. The van der Waals surface area contributed by atoms with Gasteiger partial charge in [0.05, 0.1) is 30.2 Å². The van der Waals surface area contributed by atoms with Crippen LogP contribution in [0, 0.1) is 0 Å². The maximum Gasteiger partial charge on any atom is 0.177 e. The summed E-state index contributed by atoms with van der Waals surface area (Å²) in [6.45, 7) is 3.53. The fraction of sp³-hybridized carbons (Fsp3) is 0.462. The molecule has 0 aromatic carbocycles. The minimum atomic E-state index is -3.34. The zero-order chi connectivity index (χ0) is 15.7. The summed E-state index contributed by atoms with van der Waals surface area (Å²) in [6, 6.07) is 1.48. The Kier molecular flexibility index (Phi) is 3.94. The molecule has 0 amide bonds. The second kappa shape index (κ2) is 5.75. The van der Waals surface area contributed by atoms with E-state index in [-0.39, 0.29) is 10.7 Å². The van der Waals surface area contributed by atoms with Crippen molar-refractivity contribution in [3.63, 3.8) is 0 Å². The number of pyridine rings is 1. The zero-order valence-electron chi connectivity index (χ0n) is 12.2. The van der Waals surface area contributed by atoms with Crippen LogP contribution in [-0.2, 0) is 21.1 Å². The standard InChI is InChI=1S/C13H17N5O3S/c1-22(19,20)9-6-10-12(15-7-9)13(14)17-11(16-10)8-18-2-4-21-5-3-18/h6-7H,2-5,8H2,1H3,(H2,14,16,17). The third-order valence-corrected chi connectivity index (χ3v) is 4.56. The highest BCUT2D eigenvalue weighted by atomic mass is 32.2. The fourth-order valence-corrected chi connectivity index (χ4v) is 2.88. The van der Waals surface area contributed by atoms with Crippen LogP contribution >= 0.6 is 0 Å². The Labute approximate surface area is 128 Å². The molecule has 2 aromatic rings. The van der Waals surface area contributed by atoms with E-state index in [1.807, 2.05) is 0 Å². The summed E-state index contributed by atoms with van der Waals surface area (Å²) >= 11 is 0. The van der Waals surface area contributed by atoms with Gasteiger partial charge in [-0.3, -0.25) is 4.90 Å². The lowest BCUT2D eigenvalue weighted by Crippen LogP contribution is -2.36. The third kappa shape index (κ3) is 3.16. The summed E-state index contributed by atoms with van der Waals surface area (Å²) in [5, 5.41) is 0. The van der Waals surface area contributed by atoms with Gasteiger partial charge in [-0.2, -0.15) is 0 Å². The van der Waals surface area contributed by atoms with Crippen molar-refractivity contribution in [3.8, 4) is 0 Å². The summed E-state index contributed by atoms with van der Waals surface area (Å²) < 4.78 is 28.6. The van der Waals surface area contributed by atoms with E-state index in [0.29, 0.717) is 36.6 Å². The molecule has 8 nitrogen and oxygen atoms in total. The van der Waals surface area contributed by atoms with Gasteiger partial charge < -0.3 is 10.5 Å². The molecule has 9 heteroatoms. The summed E-state index contributed by atoms with van der Waals surface area (Å²) in [7, 11) is -3.34. The molecule has 1 aliphatic rings. The molecule has 118 valence electrons. The molecular formula is C13H17N5O3S. The Hall–Kier alpha value is -1.84. The van der Waals surface area contributed by atoms with Crippen molar-refractivity contribution < 1.29 is 13.2 Å². The molecule has 3 heterocycles. The summed E-state index contributed by atoms with van der Waals surface area (Å²) in [5.41, 5.74) is 6.77. The van der Waals surface area contributed by atoms with Gasteiger partial charge >= 0.3 is 0 Å². The number of fused-ring (bicyclic) bond motifs is 1. The second-order valence-electron chi connectivity index (χ2n) is 5.22. The highest BCUT2D eigenvalue weighted by Crippen LogP contribution is 2.19. The van der Waals surface area contributed by atoms with Gasteiger partial charge in [-0.25, -0.2) is 23.4 Å². The molecule has 0 spiro atoms. The molecule has 0 aliphatic carbocycles. The maximum atomic E-state index is 11.6. The van der Waals surface area contributed by atoms with E-state index in [0.717, 1.165) is 19.3 Å². The lowest BCUT2D eigenvalue weighted by atomic mass is 10.3. The van der Waals surface area contributed by atoms with Crippen molar-refractivity contribution in [1.82, 2.24) is 19.9 Å². The average molecular weight is 323 g/mol. The van der Waals surface area contributed by atoms with Gasteiger partial charge in [0, 0.05) is 25.5 Å². The molecule has 0 saturated carbocycles. The smallest absolute Gasteiger partial charge is 0.177 e. The molecule has 22 heavy (non-hydrogen) atoms. The van der Waals surface area contributed by atoms with E-state index in [4.69, 9.17) is 10.5 Å². The molecule has 2 N–H and O–H groups in total. The van der Waals surface area contributed by atoms with Crippen molar-refractivity contribution in [2.45, 2.75) is 11.4 Å². The molecule has 2 aromatic heterocycles. The molecule has 0 radical (unpaired) electrons. The molecule has 0 unspecified atom stereocenters. The number of nitrogens with two attached hydrogens (primary N) is 1. The van der Waals surface area contributed by atoms with Crippen LogP contribution in [0.15, 0.2) is 17.2 Å². The maximum absolute atomic E-state index is 11.6. The average Bonchev–Trinajstić information content (AvgIpc) is 2.47. The van der Waals surface area contributed by atoms with E-state index in [9.17, 15) is 8.42 Å². The largest absolute Gasteiger partial charge is 0.382 e. The minimum absolute atomic E-state index is 0.121. The van der Waals surface area contributed by atoms with Crippen LogP contribution in [0.25, 0.3) is 11.0 Å². The van der Waals surface area contributed by atoms with E-state index in [2.05, 4.69) is 19.9 Å². The molecule has 3 rings (SSSR count). The number of nitrogen functional groups attached to an aromatic ring is 1. The molecule has 1 aliphatic heterocycles. The van der Waals surface area contributed by atoms with Gasteiger partial charge in [0.15, 0.2) is 15.7 Å².